The van der Waals surface area contributed by atoms with Crippen LogP contribution in [0.2, 0.25) is 0 Å². The normalized spacial score (nSPS) is 45.4. The molecule has 1 heterocycles. The summed E-state index contributed by atoms with van der Waals surface area (Å²) < 4.78 is 9.74. The lowest BCUT2D eigenvalue weighted by molar-refractivity contribution is -0.161. The smallest absolute Gasteiger partial charge is 0.426 e. The van der Waals surface area contributed by atoms with E-state index >= 15 is 0 Å². The van der Waals surface area contributed by atoms with E-state index in [2.05, 4.69) is 4.74 Å². The molecule has 0 N–H and O–H groups in total. The molecule has 2 saturated carbocycles. The molecule has 76 valence electrons. The van der Waals surface area contributed by atoms with E-state index in [1.165, 1.54) is 6.42 Å². The highest BCUT2D eigenvalue weighted by atomic mass is 16.7. The van der Waals surface area contributed by atoms with Crippen molar-refractivity contribution in [2.45, 2.75) is 31.3 Å². The SMILES string of the molecule is O=C1OCC(=O)C2(CC3CCC2C3)O1. The van der Waals surface area contributed by atoms with Crippen molar-refractivity contribution >= 4 is 11.9 Å². The summed E-state index contributed by atoms with van der Waals surface area (Å²) in [6.07, 6.45) is 3.30. The maximum absolute atomic E-state index is 11.8. The average molecular weight is 196 g/mol. The van der Waals surface area contributed by atoms with Crippen LogP contribution in [-0.2, 0) is 14.3 Å². The van der Waals surface area contributed by atoms with Crippen LogP contribution in [0, 0.1) is 11.8 Å². The van der Waals surface area contributed by atoms with E-state index in [0.29, 0.717) is 5.92 Å². The minimum absolute atomic E-state index is 0.0377. The maximum Gasteiger partial charge on any atom is 0.509 e. The van der Waals surface area contributed by atoms with Gasteiger partial charge in [0.25, 0.3) is 0 Å². The second-order valence-electron chi connectivity index (χ2n) is 4.53. The predicted octanol–water partition coefficient (Wildman–Crippen LogP) is 1.28. The highest BCUT2D eigenvalue weighted by Gasteiger charge is 2.60. The molecule has 4 heteroatoms. The van der Waals surface area contributed by atoms with Crippen molar-refractivity contribution < 1.29 is 19.1 Å². The van der Waals surface area contributed by atoms with Crippen LogP contribution in [0.4, 0.5) is 4.79 Å². The first-order chi connectivity index (χ1) is 6.71. The molecule has 0 aromatic heterocycles. The van der Waals surface area contributed by atoms with Crippen LogP contribution < -0.4 is 0 Å². The van der Waals surface area contributed by atoms with E-state index in [4.69, 9.17) is 4.74 Å². The van der Waals surface area contributed by atoms with Gasteiger partial charge < -0.3 is 9.47 Å². The van der Waals surface area contributed by atoms with Gasteiger partial charge in [-0.3, -0.25) is 4.79 Å². The summed E-state index contributed by atoms with van der Waals surface area (Å²) in [5.74, 6) is 0.798. The summed E-state index contributed by atoms with van der Waals surface area (Å²) in [4.78, 5) is 22.8. The number of carbonyl (C=O) groups is 2. The minimum Gasteiger partial charge on any atom is -0.426 e. The summed E-state index contributed by atoms with van der Waals surface area (Å²) >= 11 is 0. The third-order valence-electron chi connectivity index (χ3n) is 3.85. The Morgan fingerprint density at radius 3 is 2.79 bits per heavy atom. The fraction of sp³-hybridized carbons (Fsp3) is 0.800. The number of ether oxygens (including phenoxy) is 2. The van der Waals surface area contributed by atoms with Crippen LogP contribution in [0.1, 0.15) is 25.7 Å². The largest absolute Gasteiger partial charge is 0.509 e. The standard InChI is InChI=1S/C10H12O4/c11-8-5-13-9(12)14-10(8)4-6-1-2-7(10)3-6/h6-7H,1-5H2. The van der Waals surface area contributed by atoms with E-state index in [1.807, 2.05) is 0 Å². The van der Waals surface area contributed by atoms with Gasteiger partial charge in [-0.1, -0.05) is 0 Å². The van der Waals surface area contributed by atoms with E-state index in [-0.39, 0.29) is 18.3 Å². The number of ketones is 1. The summed E-state index contributed by atoms with van der Waals surface area (Å²) in [6.45, 7) is -0.0952. The van der Waals surface area contributed by atoms with E-state index in [1.54, 1.807) is 0 Å². The zero-order valence-corrected chi connectivity index (χ0v) is 7.82. The van der Waals surface area contributed by atoms with Gasteiger partial charge >= 0.3 is 6.16 Å². The molecule has 3 atom stereocenters. The van der Waals surface area contributed by atoms with Gasteiger partial charge in [0, 0.05) is 5.92 Å². The molecular weight excluding hydrogens is 184 g/mol. The van der Waals surface area contributed by atoms with Crippen LogP contribution in [0.25, 0.3) is 0 Å². The Bertz CT molecular complexity index is 311. The second kappa shape index (κ2) is 2.49. The van der Waals surface area contributed by atoms with Gasteiger partial charge in [0.2, 0.25) is 5.78 Å². The molecule has 0 radical (unpaired) electrons. The lowest BCUT2D eigenvalue weighted by Crippen LogP contribution is -2.53. The zero-order chi connectivity index (χ0) is 9.76. The van der Waals surface area contributed by atoms with Gasteiger partial charge in [-0.2, -0.15) is 0 Å². The number of cyclic esters (lactones) is 1. The number of Topliss-reactive ketones (excluding diaryl/α,β-unsaturated/α-hetero) is 1. The van der Waals surface area contributed by atoms with Gasteiger partial charge in [0.15, 0.2) is 12.2 Å². The Morgan fingerprint density at radius 1 is 1.29 bits per heavy atom. The highest BCUT2D eigenvalue weighted by molar-refractivity contribution is 5.94. The Morgan fingerprint density at radius 2 is 2.14 bits per heavy atom. The first-order valence-electron chi connectivity index (χ1n) is 5.10. The van der Waals surface area contributed by atoms with Crippen LogP contribution in [-0.4, -0.2) is 24.1 Å². The Labute approximate surface area is 81.6 Å². The first kappa shape index (κ1) is 8.26. The number of hydrogen-bond acceptors (Lipinski definition) is 4. The Kier molecular flexibility index (Phi) is 1.47. The van der Waals surface area contributed by atoms with E-state index in [9.17, 15) is 9.59 Å². The Balaban J connectivity index is 1.94. The second-order valence-corrected chi connectivity index (χ2v) is 4.53. The minimum atomic E-state index is -0.793. The molecule has 14 heavy (non-hydrogen) atoms. The predicted molar refractivity (Wildman–Crippen MR) is 45.6 cm³/mol. The number of hydrogen-bond donors (Lipinski definition) is 0. The fourth-order valence-corrected chi connectivity index (χ4v) is 3.23. The molecule has 3 aliphatic rings. The quantitative estimate of drug-likeness (QED) is 0.548. The molecule has 2 bridgehead atoms. The lowest BCUT2D eigenvalue weighted by atomic mass is 9.80. The summed E-state index contributed by atoms with van der Waals surface area (Å²) in [7, 11) is 0. The fourth-order valence-electron chi connectivity index (χ4n) is 3.23. The molecule has 1 spiro atoms. The summed E-state index contributed by atoms with van der Waals surface area (Å²) in [5, 5.41) is 0. The van der Waals surface area contributed by atoms with Crippen molar-refractivity contribution in [3.8, 4) is 0 Å². The molecule has 0 amide bonds. The lowest BCUT2D eigenvalue weighted by Gasteiger charge is -2.37. The van der Waals surface area contributed by atoms with Crippen molar-refractivity contribution in [1.29, 1.82) is 0 Å². The van der Waals surface area contributed by atoms with E-state index < -0.39 is 11.8 Å². The Hall–Kier alpha value is -1.06. The van der Waals surface area contributed by atoms with Crippen LogP contribution in [0.5, 0.6) is 0 Å². The van der Waals surface area contributed by atoms with E-state index in [0.717, 1.165) is 19.3 Å². The van der Waals surface area contributed by atoms with Crippen LogP contribution in [0.3, 0.4) is 0 Å². The number of fused-ring (bicyclic) bond motifs is 3. The maximum atomic E-state index is 11.8. The van der Waals surface area contributed by atoms with Crippen LogP contribution in [0.15, 0.2) is 0 Å². The van der Waals surface area contributed by atoms with Gasteiger partial charge in [0.1, 0.15) is 0 Å². The zero-order valence-electron chi connectivity index (χ0n) is 7.82. The average Bonchev–Trinajstić information content (AvgIpc) is 2.72. The third-order valence-corrected chi connectivity index (χ3v) is 3.85. The molecule has 3 unspecified atom stereocenters. The van der Waals surface area contributed by atoms with Crippen molar-refractivity contribution in [2.24, 2.45) is 11.8 Å². The van der Waals surface area contributed by atoms with Crippen molar-refractivity contribution in [3.63, 3.8) is 0 Å². The molecule has 0 aromatic rings. The van der Waals surface area contributed by atoms with Gasteiger partial charge in [-0.05, 0) is 31.6 Å². The van der Waals surface area contributed by atoms with Gasteiger partial charge in [-0.15, -0.1) is 0 Å². The monoisotopic (exact) mass is 196 g/mol. The topological polar surface area (TPSA) is 52.6 Å². The molecule has 2 aliphatic carbocycles. The van der Waals surface area contributed by atoms with Gasteiger partial charge in [-0.25, -0.2) is 4.79 Å². The molecular formula is C10H12O4. The molecule has 0 aromatic carbocycles. The number of carbonyl (C=O) groups excluding carboxylic acids is 2. The summed E-state index contributed by atoms with van der Waals surface area (Å²) in [5.41, 5.74) is -0.793. The molecule has 3 fully saturated rings. The van der Waals surface area contributed by atoms with Crippen molar-refractivity contribution in [3.05, 3.63) is 0 Å². The number of rotatable bonds is 0. The third kappa shape index (κ3) is 0.885. The highest BCUT2D eigenvalue weighted by Crippen LogP contribution is 2.53. The molecule has 4 nitrogen and oxygen atoms in total. The van der Waals surface area contributed by atoms with Gasteiger partial charge in [0.05, 0.1) is 0 Å². The van der Waals surface area contributed by atoms with Crippen LogP contribution >= 0.6 is 0 Å². The molecule has 3 rings (SSSR count). The first-order valence-corrected chi connectivity index (χ1v) is 5.10. The van der Waals surface area contributed by atoms with Crippen molar-refractivity contribution in [2.75, 3.05) is 6.61 Å². The summed E-state index contributed by atoms with van der Waals surface area (Å²) in [6, 6.07) is 0. The molecule has 1 aliphatic heterocycles. The molecule has 1 saturated heterocycles. The van der Waals surface area contributed by atoms with Crippen molar-refractivity contribution in [1.82, 2.24) is 0 Å².